The molecule has 1 aliphatic heterocycles. The second kappa shape index (κ2) is 4.32. The number of fused-ring (bicyclic) bond motifs is 2. The van der Waals surface area contributed by atoms with Crippen LogP contribution in [-0.4, -0.2) is 16.1 Å². The second-order valence-electron chi connectivity index (χ2n) is 5.90. The number of aryl methyl sites for hydroxylation is 1. The van der Waals surface area contributed by atoms with E-state index in [0.717, 1.165) is 21.8 Å². The van der Waals surface area contributed by atoms with E-state index in [9.17, 15) is 0 Å². The van der Waals surface area contributed by atoms with Crippen LogP contribution in [0.25, 0.3) is 11.0 Å². The number of hydrogen-bond donors (Lipinski definition) is 1. The van der Waals surface area contributed by atoms with Crippen molar-refractivity contribution in [1.82, 2.24) is 14.9 Å². The first kappa shape index (κ1) is 11.9. The van der Waals surface area contributed by atoms with Crippen molar-refractivity contribution in [2.45, 2.75) is 25.3 Å². The van der Waals surface area contributed by atoms with E-state index in [2.05, 4.69) is 51.1 Å². The molecule has 1 saturated heterocycles. The molecule has 0 spiro atoms. The Kier molecular flexibility index (Phi) is 2.71. The van der Waals surface area contributed by atoms with Crippen LogP contribution < -0.4 is 5.32 Å². The molecule has 4 rings (SSSR count). The van der Waals surface area contributed by atoms with Gasteiger partial charge in [-0.05, 0) is 49.4 Å². The zero-order chi connectivity index (χ0) is 13.0. The number of hydrogen-bond acceptors (Lipinski definition) is 2. The normalized spacial score (nSPS) is 30.1. The molecule has 1 aliphatic carbocycles. The van der Waals surface area contributed by atoms with E-state index in [4.69, 9.17) is 4.98 Å². The van der Waals surface area contributed by atoms with Crippen LogP contribution in [0.4, 0.5) is 0 Å². The average molecular weight is 320 g/mol. The molecule has 3 nitrogen and oxygen atoms in total. The first-order chi connectivity index (χ1) is 9.24. The maximum atomic E-state index is 4.89. The summed E-state index contributed by atoms with van der Waals surface area (Å²) < 4.78 is 3.36. The number of benzene rings is 1. The molecule has 3 unspecified atom stereocenters. The molecule has 3 atom stereocenters. The number of aromatic nitrogens is 2. The summed E-state index contributed by atoms with van der Waals surface area (Å²) in [5.41, 5.74) is 2.32. The lowest BCUT2D eigenvalue weighted by Crippen LogP contribution is -2.21. The van der Waals surface area contributed by atoms with Crippen molar-refractivity contribution in [2.75, 3.05) is 6.54 Å². The van der Waals surface area contributed by atoms with Crippen LogP contribution in [-0.2, 0) is 7.05 Å². The van der Waals surface area contributed by atoms with Crippen molar-refractivity contribution in [1.29, 1.82) is 0 Å². The van der Waals surface area contributed by atoms with E-state index in [1.54, 1.807) is 0 Å². The van der Waals surface area contributed by atoms with E-state index in [1.807, 2.05) is 0 Å². The minimum Gasteiger partial charge on any atom is -0.330 e. The molecule has 2 fully saturated rings. The van der Waals surface area contributed by atoms with Gasteiger partial charge in [0.2, 0.25) is 0 Å². The molecule has 1 aromatic carbocycles. The third-order valence-electron chi connectivity index (χ3n) is 4.90. The van der Waals surface area contributed by atoms with Gasteiger partial charge < -0.3 is 9.88 Å². The summed E-state index contributed by atoms with van der Waals surface area (Å²) in [6, 6.07) is 6.80. The summed E-state index contributed by atoms with van der Waals surface area (Å²) in [5, 5.41) is 3.70. The quantitative estimate of drug-likeness (QED) is 0.873. The molecule has 0 amide bonds. The van der Waals surface area contributed by atoms with Crippen molar-refractivity contribution in [3.8, 4) is 0 Å². The van der Waals surface area contributed by atoms with E-state index in [1.165, 1.54) is 37.1 Å². The third kappa shape index (κ3) is 1.77. The lowest BCUT2D eigenvalue weighted by Gasteiger charge is -2.17. The van der Waals surface area contributed by atoms with Crippen molar-refractivity contribution in [3.63, 3.8) is 0 Å². The van der Waals surface area contributed by atoms with Gasteiger partial charge in [-0.15, -0.1) is 0 Å². The van der Waals surface area contributed by atoms with E-state index >= 15 is 0 Å². The smallest absolute Gasteiger partial charge is 0.127 e. The van der Waals surface area contributed by atoms with Crippen LogP contribution in [0.1, 0.15) is 31.1 Å². The summed E-state index contributed by atoms with van der Waals surface area (Å²) in [5.74, 6) is 2.87. The molecule has 2 aliphatic rings. The second-order valence-corrected chi connectivity index (χ2v) is 6.82. The number of imidazole rings is 1. The lowest BCUT2D eigenvalue weighted by molar-refractivity contribution is 0.402. The molecule has 100 valence electrons. The highest BCUT2D eigenvalue weighted by atomic mass is 79.9. The van der Waals surface area contributed by atoms with Gasteiger partial charge >= 0.3 is 0 Å². The Balaban J connectivity index is 1.80. The molecule has 0 bridgehead atoms. The highest BCUT2D eigenvalue weighted by Crippen LogP contribution is 2.44. The predicted octanol–water partition coefficient (Wildman–Crippen LogP) is 3.40. The monoisotopic (exact) mass is 319 g/mol. The van der Waals surface area contributed by atoms with Crippen LogP contribution in [0.5, 0.6) is 0 Å². The number of halogens is 1. The maximum Gasteiger partial charge on any atom is 0.127 e. The van der Waals surface area contributed by atoms with Crippen molar-refractivity contribution >= 4 is 27.0 Å². The SMILES string of the molecule is Cn1c(C2NCC3CCCC32)nc2cc(Br)ccc21. The molecule has 1 N–H and O–H groups in total. The van der Waals surface area contributed by atoms with Gasteiger partial charge in [0.05, 0.1) is 17.1 Å². The molecular formula is C15H18BrN3. The largest absolute Gasteiger partial charge is 0.330 e. The zero-order valence-corrected chi connectivity index (χ0v) is 12.7. The molecule has 2 aromatic rings. The fourth-order valence-electron chi connectivity index (χ4n) is 3.94. The molecule has 19 heavy (non-hydrogen) atoms. The highest BCUT2D eigenvalue weighted by molar-refractivity contribution is 9.10. The fourth-order valence-corrected chi connectivity index (χ4v) is 4.29. The first-order valence-corrected chi connectivity index (χ1v) is 7.88. The summed E-state index contributed by atoms with van der Waals surface area (Å²) in [4.78, 5) is 4.89. The zero-order valence-electron chi connectivity index (χ0n) is 11.1. The molecule has 1 saturated carbocycles. The van der Waals surface area contributed by atoms with Gasteiger partial charge in [-0.1, -0.05) is 22.4 Å². The molecular weight excluding hydrogens is 302 g/mol. The van der Waals surface area contributed by atoms with Crippen molar-refractivity contribution in [2.24, 2.45) is 18.9 Å². The Bertz CT molecular complexity index is 634. The Morgan fingerprint density at radius 2 is 2.26 bits per heavy atom. The Hall–Kier alpha value is -0.870. The van der Waals surface area contributed by atoms with Gasteiger partial charge in [0.15, 0.2) is 0 Å². The topological polar surface area (TPSA) is 29.9 Å². The lowest BCUT2D eigenvalue weighted by atomic mass is 9.94. The molecule has 0 radical (unpaired) electrons. The number of rotatable bonds is 1. The molecule has 1 aromatic heterocycles. The number of nitrogens with zero attached hydrogens (tertiary/aromatic N) is 2. The molecule has 2 heterocycles. The summed E-state index contributed by atoms with van der Waals surface area (Å²) in [7, 11) is 2.14. The summed E-state index contributed by atoms with van der Waals surface area (Å²) >= 11 is 3.53. The Morgan fingerprint density at radius 1 is 1.37 bits per heavy atom. The standard InChI is InChI=1S/C15H18BrN3/c1-19-13-6-5-10(16)7-12(13)18-15(19)14-11-4-2-3-9(11)8-17-14/h5-7,9,11,14,17H,2-4,8H2,1H3. The highest BCUT2D eigenvalue weighted by Gasteiger charge is 2.41. The van der Waals surface area contributed by atoms with Gasteiger partial charge in [0.25, 0.3) is 0 Å². The van der Waals surface area contributed by atoms with E-state index in [0.29, 0.717) is 6.04 Å². The van der Waals surface area contributed by atoms with E-state index < -0.39 is 0 Å². The Morgan fingerprint density at radius 3 is 3.16 bits per heavy atom. The third-order valence-corrected chi connectivity index (χ3v) is 5.39. The Labute approximate surface area is 121 Å². The van der Waals surface area contributed by atoms with E-state index in [-0.39, 0.29) is 0 Å². The van der Waals surface area contributed by atoms with Gasteiger partial charge in [0, 0.05) is 11.5 Å². The van der Waals surface area contributed by atoms with Crippen molar-refractivity contribution in [3.05, 3.63) is 28.5 Å². The van der Waals surface area contributed by atoms with Gasteiger partial charge in [-0.3, -0.25) is 0 Å². The van der Waals surface area contributed by atoms with Crippen LogP contribution in [0.3, 0.4) is 0 Å². The minimum atomic E-state index is 0.448. The predicted molar refractivity (Wildman–Crippen MR) is 80.0 cm³/mol. The first-order valence-electron chi connectivity index (χ1n) is 7.09. The van der Waals surface area contributed by atoms with Gasteiger partial charge in [0.1, 0.15) is 5.82 Å². The van der Waals surface area contributed by atoms with Crippen LogP contribution in [0.15, 0.2) is 22.7 Å². The minimum absolute atomic E-state index is 0.448. The summed E-state index contributed by atoms with van der Waals surface area (Å²) in [6.07, 6.45) is 4.14. The fraction of sp³-hybridized carbons (Fsp3) is 0.533. The van der Waals surface area contributed by atoms with Crippen LogP contribution in [0.2, 0.25) is 0 Å². The van der Waals surface area contributed by atoms with Gasteiger partial charge in [-0.25, -0.2) is 4.98 Å². The average Bonchev–Trinajstić information content (AvgIpc) is 3.04. The van der Waals surface area contributed by atoms with Gasteiger partial charge in [-0.2, -0.15) is 0 Å². The number of nitrogens with one attached hydrogen (secondary N) is 1. The van der Waals surface area contributed by atoms with Crippen LogP contribution >= 0.6 is 15.9 Å². The summed E-state index contributed by atoms with van der Waals surface area (Å²) in [6.45, 7) is 1.17. The maximum absolute atomic E-state index is 4.89. The van der Waals surface area contributed by atoms with Crippen molar-refractivity contribution < 1.29 is 0 Å². The molecule has 4 heteroatoms. The van der Waals surface area contributed by atoms with Crippen LogP contribution in [0, 0.1) is 11.8 Å².